The highest BCUT2D eigenvalue weighted by Gasteiger charge is 2.33. The van der Waals surface area contributed by atoms with E-state index in [0.717, 1.165) is 0 Å². The molecule has 1 aliphatic heterocycles. The number of anilines is 1. The Hall–Kier alpha value is -1.37. The molecular weight excluding hydrogens is 228 g/mol. The lowest BCUT2D eigenvalue weighted by Crippen LogP contribution is -2.33. The summed E-state index contributed by atoms with van der Waals surface area (Å²) in [5, 5.41) is 3.06. The molecule has 0 spiro atoms. The number of amidine groups is 1. The van der Waals surface area contributed by atoms with E-state index in [1.54, 1.807) is 7.05 Å². The van der Waals surface area contributed by atoms with Gasteiger partial charge in [-0.3, -0.25) is 0 Å². The smallest absolute Gasteiger partial charge is 0.303 e. The second-order valence-electron chi connectivity index (χ2n) is 4.80. The van der Waals surface area contributed by atoms with Gasteiger partial charge in [-0.1, -0.05) is 20.8 Å². The van der Waals surface area contributed by atoms with E-state index in [9.17, 15) is 8.42 Å². The normalized spacial score (nSPS) is 18.6. The van der Waals surface area contributed by atoms with Gasteiger partial charge in [0.15, 0.2) is 5.82 Å². The highest BCUT2D eigenvalue weighted by Crippen LogP contribution is 2.29. The lowest BCUT2D eigenvalue weighted by molar-refractivity contribution is 0.572. The fraction of sp³-hybridized carbons (Fsp3) is 0.556. The van der Waals surface area contributed by atoms with Crippen LogP contribution in [-0.2, 0) is 17.1 Å². The Morgan fingerprint density at radius 2 is 2.00 bits per heavy atom. The number of hydrogen-bond donors (Lipinski definition) is 1. The molecule has 1 aliphatic rings. The predicted octanol–water partition coefficient (Wildman–Crippen LogP) is 0.979. The van der Waals surface area contributed by atoms with Crippen LogP contribution in [0.15, 0.2) is 15.8 Å². The third kappa shape index (κ3) is 1.60. The molecular formula is C9H14N4O2S. The quantitative estimate of drug-likeness (QED) is 0.735. The molecule has 0 amide bonds. The zero-order chi connectivity index (χ0) is 12.1. The van der Waals surface area contributed by atoms with Crippen molar-refractivity contribution in [3.8, 4) is 0 Å². The van der Waals surface area contributed by atoms with Crippen LogP contribution in [0, 0.1) is 5.41 Å². The Balaban J connectivity index is 2.62. The van der Waals surface area contributed by atoms with Crippen molar-refractivity contribution >= 4 is 21.7 Å². The number of imidazole rings is 1. The molecule has 0 bridgehead atoms. The van der Waals surface area contributed by atoms with Crippen LogP contribution < -0.4 is 5.32 Å². The number of hydrogen-bond acceptors (Lipinski definition) is 4. The molecule has 6 nitrogen and oxygen atoms in total. The average molecular weight is 242 g/mol. The first-order valence-corrected chi connectivity index (χ1v) is 6.29. The van der Waals surface area contributed by atoms with E-state index < -0.39 is 10.0 Å². The van der Waals surface area contributed by atoms with E-state index in [4.69, 9.17) is 0 Å². The van der Waals surface area contributed by atoms with Gasteiger partial charge in [0.2, 0.25) is 5.03 Å². The van der Waals surface area contributed by atoms with Crippen molar-refractivity contribution in [3.05, 3.63) is 6.33 Å². The Morgan fingerprint density at radius 1 is 1.38 bits per heavy atom. The van der Waals surface area contributed by atoms with Crippen molar-refractivity contribution in [2.45, 2.75) is 25.8 Å². The van der Waals surface area contributed by atoms with Gasteiger partial charge in [-0.05, 0) is 0 Å². The van der Waals surface area contributed by atoms with Crippen LogP contribution >= 0.6 is 0 Å². The first-order valence-electron chi connectivity index (χ1n) is 4.85. The summed E-state index contributed by atoms with van der Waals surface area (Å²) in [6.07, 6.45) is 1.45. The maximum absolute atomic E-state index is 11.9. The third-order valence-corrected chi connectivity index (χ3v) is 3.68. The molecule has 0 atom stereocenters. The lowest BCUT2D eigenvalue weighted by atomic mass is 9.95. The van der Waals surface area contributed by atoms with Crippen LogP contribution in [-0.4, -0.2) is 23.8 Å². The molecule has 1 aromatic rings. The van der Waals surface area contributed by atoms with Crippen molar-refractivity contribution in [1.29, 1.82) is 0 Å². The number of nitrogens with zero attached hydrogens (tertiary/aromatic N) is 3. The molecule has 16 heavy (non-hydrogen) atoms. The summed E-state index contributed by atoms with van der Waals surface area (Å²) in [5.74, 6) is 0.765. The summed E-state index contributed by atoms with van der Waals surface area (Å²) < 4.78 is 29.1. The standard InChI is InChI=1S/C9H14N4O2S/c1-9(2,3)8-11-6-7(13(4)5-10-6)16(14,15)12-8/h5H,1-4H3,(H,11,12). The topological polar surface area (TPSA) is 76.3 Å². The number of aryl methyl sites for hydroxylation is 1. The molecule has 0 saturated heterocycles. The van der Waals surface area contributed by atoms with E-state index in [1.807, 2.05) is 20.8 Å². The van der Waals surface area contributed by atoms with E-state index in [0.29, 0.717) is 11.7 Å². The maximum Gasteiger partial charge on any atom is 0.303 e. The molecule has 2 rings (SSSR count). The number of rotatable bonds is 0. The third-order valence-electron chi connectivity index (χ3n) is 2.29. The average Bonchev–Trinajstić information content (AvgIpc) is 2.45. The minimum absolute atomic E-state index is 0.112. The Morgan fingerprint density at radius 3 is 2.56 bits per heavy atom. The molecule has 7 heteroatoms. The molecule has 0 aromatic carbocycles. The molecule has 0 unspecified atom stereocenters. The summed E-state index contributed by atoms with van der Waals surface area (Å²) in [6.45, 7) is 5.67. The van der Waals surface area contributed by atoms with E-state index in [2.05, 4.69) is 14.7 Å². The maximum atomic E-state index is 11.9. The predicted molar refractivity (Wildman–Crippen MR) is 60.9 cm³/mol. The molecule has 1 N–H and O–H groups in total. The summed E-state index contributed by atoms with van der Waals surface area (Å²) in [6, 6.07) is 0. The van der Waals surface area contributed by atoms with Crippen LogP contribution in [0.5, 0.6) is 0 Å². The largest absolute Gasteiger partial charge is 0.325 e. The van der Waals surface area contributed by atoms with Gasteiger partial charge < -0.3 is 9.88 Å². The van der Waals surface area contributed by atoms with E-state index >= 15 is 0 Å². The second kappa shape index (κ2) is 3.07. The Kier molecular flexibility index (Phi) is 2.13. The van der Waals surface area contributed by atoms with Crippen molar-refractivity contribution < 1.29 is 8.42 Å². The molecule has 0 fully saturated rings. The first kappa shape index (κ1) is 11.1. The molecule has 1 aromatic heterocycles. The highest BCUT2D eigenvalue weighted by atomic mass is 32.2. The van der Waals surface area contributed by atoms with Gasteiger partial charge in [0.05, 0.1) is 6.33 Å². The van der Waals surface area contributed by atoms with Gasteiger partial charge in [-0.15, -0.1) is 4.40 Å². The Labute approximate surface area is 94.5 Å². The fourth-order valence-electron chi connectivity index (χ4n) is 1.43. The summed E-state index contributed by atoms with van der Waals surface area (Å²) >= 11 is 0. The van der Waals surface area contributed by atoms with Crippen LogP contribution in [0.1, 0.15) is 20.8 Å². The minimum atomic E-state index is -3.64. The molecule has 2 heterocycles. The first-order chi connectivity index (χ1) is 7.22. The van der Waals surface area contributed by atoms with Gasteiger partial charge in [0.25, 0.3) is 0 Å². The van der Waals surface area contributed by atoms with Crippen molar-refractivity contribution in [3.63, 3.8) is 0 Å². The molecule has 0 saturated carbocycles. The molecule has 0 radical (unpaired) electrons. The van der Waals surface area contributed by atoms with Crippen molar-refractivity contribution in [2.75, 3.05) is 5.32 Å². The van der Waals surface area contributed by atoms with Crippen LogP contribution in [0.4, 0.5) is 5.82 Å². The fourth-order valence-corrected chi connectivity index (χ4v) is 2.84. The van der Waals surface area contributed by atoms with Gasteiger partial charge in [0, 0.05) is 12.5 Å². The lowest BCUT2D eigenvalue weighted by Gasteiger charge is -2.24. The van der Waals surface area contributed by atoms with Gasteiger partial charge in [-0.2, -0.15) is 8.42 Å². The van der Waals surface area contributed by atoms with Crippen LogP contribution in [0.25, 0.3) is 0 Å². The van der Waals surface area contributed by atoms with Crippen LogP contribution in [0.3, 0.4) is 0 Å². The van der Waals surface area contributed by atoms with Gasteiger partial charge in [-0.25, -0.2) is 4.98 Å². The number of nitrogens with one attached hydrogen (secondary N) is 1. The van der Waals surface area contributed by atoms with E-state index in [1.165, 1.54) is 10.9 Å². The minimum Gasteiger partial charge on any atom is -0.325 e. The monoisotopic (exact) mass is 242 g/mol. The zero-order valence-corrected chi connectivity index (χ0v) is 10.5. The SMILES string of the molecule is Cn1cnc2c1S(=O)(=O)N=C(C(C)(C)C)N2. The van der Waals surface area contributed by atoms with Crippen molar-refractivity contribution in [2.24, 2.45) is 16.9 Å². The van der Waals surface area contributed by atoms with Crippen molar-refractivity contribution in [1.82, 2.24) is 9.55 Å². The zero-order valence-electron chi connectivity index (χ0n) is 9.64. The number of aromatic nitrogens is 2. The number of fused-ring (bicyclic) bond motifs is 1. The summed E-state index contributed by atoms with van der Waals surface area (Å²) in [4.78, 5) is 4.01. The van der Waals surface area contributed by atoms with Crippen LogP contribution in [0.2, 0.25) is 0 Å². The van der Waals surface area contributed by atoms with Gasteiger partial charge >= 0.3 is 10.0 Å². The molecule has 0 aliphatic carbocycles. The molecule has 88 valence electrons. The highest BCUT2D eigenvalue weighted by molar-refractivity contribution is 7.90. The second-order valence-corrected chi connectivity index (χ2v) is 6.32. The van der Waals surface area contributed by atoms with E-state index in [-0.39, 0.29) is 10.4 Å². The number of sulfonamides is 1. The Bertz CT molecular complexity index is 563. The van der Waals surface area contributed by atoms with Gasteiger partial charge in [0.1, 0.15) is 5.84 Å². The summed E-state index contributed by atoms with van der Waals surface area (Å²) in [5.41, 5.74) is -0.359. The summed E-state index contributed by atoms with van der Waals surface area (Å²) in [7, 11) is -2.01.